The fraction of sp³-hybridized carbons (Fsp3) is 0.625. The highest BCUT2D eigenvalue weighted by molar-refractivity contribution is 5.49. The summed E-state index contributed by atoms with van der Waals surface area (Å²) in [7, 11) is 1.49. The Hall–Kier alpha value is -1.25. The predicted octanol–water partition coefficient (Wildman–Crippen LogP) is 5.00. The van der Waals surface area contributed by atoms with Gasteiger partial charge in [0.1, 0.15) is 0 Å². The lowest BCUT2D eigenvalue weighted by Gasteiger charge is -2.16. The summed E-state index contributed by atoms with van der Waals surface area (Å²) in [6, 6.07) is 5.31. The Balaban J connectivity index is 2.33. The standard InChI is InChI=1S/C16H26FNO/c1-4-5-6-7-8-9-13(2)18-14-10-11-15(17)16(12-14)19-3/h10-13,18H,4-9H2,1-3H3. The van der Waals surface area contributed by atoms with Crippen molar-refractivity contribution in [2.24, 2.45) is 0 Å². The molecule has 0 aliphatic rings. The molecule has 1 aromatic carbocycles. The molecule has 1 atom stereocenters. The van der Waals surface area contributed by atoms with Crippen LogP contribution in [-0.4, -0.2) is 13.2 Å². The van der Waals surface area contributed by atoms with Crippen molar-refractivity contribution in [3.63, 3.8) is 0 Å². The Morgan fingerprint density at radius 3 is 2.63 bits per heavy atom. The Bertz CT molecular complexity index is 368. The number of halogens is 1. The van der Waals surface area contributed by atoms with Crippen molar-refractivity contribution in [2.75, 3.05) is 12.4 Å². The second kappa shape index (κ2) is 8.78. The minimum atomic E-state index is -0.319. The van der Waals surface area contributed by atoms with Crippen molar-refractivity contribution in [3.05, 3.63) is 24.0 Å². The third kappa shape index (κ3) is 5.95. The SMILES string of the molecule is CCCCCCCC(C)Nc1ccc(F)c(OC)c1. The molecule has 3 heteroatoms. The molecular weight excluding hydrogens is 241 g/mol. The summed E-state index contributed by atoms with van der Waals surface area (Å²) in [5, 5.41) is 3.39. The van der Waals surface area contributed by atoms with E-state index in [9.17, 15) is 4.39 Å². The molecule has 0 aliphatic heterocycles. The van der Waals surface area contributed by atoms with Crippen LogP contribution in [0.4, 0.5) is 10.1 Å². The number of methoxy groups -OCH3 is 1. The molecule has 0 heterocycles. The third-order valence-corrected chi connectivity index (χ3v) is 3.30. The van der Waals surface area contributed by atoms with Crippen LogP contribution >= 0.6 is 0 Å². The number of unbranched alkanes of at least 4 members (excludes halogenated alkanes) is 4. The molecule has 108 valence electrons. The minimum Gasteiger partial charge on any atom is -0.494 e. The van der Waals surface area contributed by atoms with E-state index in [4.69, 9.17) is 4.74 Å². The molecule has 0 aromatic heterocycles. The van der Waals surface area contributed by atoms with E-state index in [1.807, 2.05) is 0 Å². The fourth-order valence-electron chi connectivity index (χ4n) is 2.16. The number of hydrogen-bond acceptors (Lipinski definition) is 2. The van der Waals surface area contributed by atoms with E-state index in [0.29, 0.717) is 11.8 Å². The second-order valence-electron chi connectivity index (χ2n) is 5.10. The van der Waals surface area contributed by atoms with Gasteiger partial charge in [-0.05, 0) is 25.5 Å². The Morgan fingerprint density at radius 1 is 1.21 bits per heavy atom. The minimum absolute atomic E-state index is 0.292. The van der Waals surface area contributed by atoms with Crippen molar-refractivity contribution in [3.8, 4) is 5.75 Å². The lowest BCUT2D eigenvalue weighted by molar-refractivity contribution is 0.386. The highest BCUT2D eigenvalue weighted by Gasteiger charge is 2.06. The van der Waals surface area contributed by atoms with E-state index in [1.165, 1.54) is 45.3 Å². The molecule has 1 aromatic rings. The van der Waals surface area contributed by atoms with E-state index in [-0.39, 0.29) is 5.82 Å². The molecule has 0 saturated carbocycles. The van der Waals surface area contributed by atoms with Gasteiger partial charge >= 0.3 is 0 Å². The van der Waals surface area contributed by atoms with E-state index in [0.717, 1.165) is 12.1 Å². The van der Waals surface area contributed by atoms with Crippen molar-refractivity contribution in [1.29, 1.82) is 0 Å². The summed E-state index contributed by atoms with van der Waals surface area (Å²) in [5.41, 5.74) is 0.916. The van der Waals surface area contributed by atoms with Crippen LogP contribution in [0.1, 0.15) is 52.4 Å². The second-order valence-corrected chi connectivity index (χ2v) is 5.10. The summed E-state index contributed by atoms with van der Waals surface area (Å²) in [6.07, 6.45) is 7.62. The van der Waals surface area contributed by atoms with Gasteiger partial charge in [0.25, 0.3) is 0 Å². The Morgan fingerprint density at radius 2 is 1.95 bits per heavy atom. The molecule has 0 radical (unpaired) electrons. The average Bonchev–Trinajstić information content (AvgIpc) is 2.40. The lowest BCUT2D eigenvalue weighted by Crippen LogP contribution is -2.14. The summed E-state index contributed by atoms with van der Waals surface area (Å²) in [6.45, 7) is 4.39. The number of rotatable bonds is 9. The quantitative estimate of drug-likeness (QED) is 0.636. The summed E-state index contributed by atoms with van der Waals surface area (Å²) in [4.78, 5) is 0. The van der Waals surface area contributed by atoms with Gasteiger partial charge in [0.05, 0.1) is 7.11 Å². The Kier molecular flexibility index (Phi) is 7.31. The molecule has 1 N–H and O–H groups in total. The first kappa shape index (κ1) is 15.8. The molecule has 0 aliphatic carbocycles. The number of nitrogens with one attached hydrogen (secondary N) is 1. The van der Waals surface area contributed by atoms with E-state index in [2.05, 4.69) is 19.2 Å². The zero-order valence-corrected chi connectivity index (χ0v) is 12.3. The summed E-state index contributed by atoms with van der Waals surface area (Å²) in [5.74, 6) is -0.0274. The van der Waals surface area contributed by atoms with Crippen LogP contribution < -0.4 is 10.1 Å². The maximum absolute atomic E-state index is 13.3. The molecule has 0 bridgehead atoms. The number of hydrogen-bond donors (Lipinski definition) is 1. The van der Waals surface area contributed by atoms with E-state index < -0.39 is 0 Å². The molecule has 0 fully saturated rings. The molecule has 0 spiro atoms. The first-order chi connectivity index (χ1) is 9.17. The molecule has 0 saturated heterocycles. The summed E-state index contributed by atoms with van der Waals surface area (Å²) >= 11 is 0. The van der Waals surface area contributed by atoms with Gasteiger partial charge in [-0.2, -0.15) is 0 Å². The normalized spacial score (nSPS) is 12.2. The molecule has 1 unspecified atom stereocenters. The highest BCUT2D eigenvalue weighted by Crippen LogP contribution is 2.22. The van der Waals surface area contributed by atoms with Crippen molar-refractivity contribution in [1.82, 2.24) is 0 Å². The average molecular weight is 267 g/mol. The zero-order valence-electron chi connectivity index (χ0n) is 12.3. The summed E-state index contributed by atoms with van der Waals surface area (Å²) < 4.78 is 18.3. The van der Waals surface area contributed by atoms with E-state index >= 15 is 0 Å². The third-order valence-electron chi connectivity index (χ3n) is 3.30. The van der Waals surface area contributed by atoms with Crippen molar-refractivity contribution in [2.45, 2.75) is 58.4 Å². The first-order valence-corrected chi connectivity index (χ1v) is 7.27. The number of ether oxygens (including phenoxy) is 1. The van der Waals surface area contributed by atoms with Gasteiger partial charge < -0.3 is 10.1 Å². The van der Waals surface area contributed by atoms with Gasteiger partial charge in [0.15, 0.2) is 11.6 Å². The first-order valence-electron chi connectivity index (χ1n) is 7.27. The number of anilines is 1. The van der Waals surface area contributed by atoms with Gasteiger partial charge in [0, 0.05) is 17.8 Å². The van der Waals surface area contributed by atoms with E-state index in [1.54, 1.807) is 12.1 Å². The van der Waals surface area contributed by atoms with Gasteiger partial charge in [-0.3, -0.25) is 0 Å². The maximum atomic E-state index is 13.3. The monoisotopic (exact) mass is 267 g/mol. The van der Waals surface area contributed by atoms with Crippen LogP contribution in [0.2, 0.25) is 0 Å². The van der Waals surface area contributed by atoms with Gasteiger partial charge in [-0.1, -0.05) is 39.0 Å². The zero-order chi connectivity index (χ0) is 14.1. The van der Waals surface area contributed by atoms with Crippen LogP contribution in [0.5, 0.6) is 5.75 Å². The van der Waals surface area contributed by atoms with Crippen LogP contribution in [0.25, 0.3) is 0 Å². The topological polar surface area (TPSA) is 21.3 Å². The van der Waals surface area contributed by atoms with Crippen LogP contribution in [0, 0.1) is 5.82 Å². The van der Waals surface area contributed by atoms with Crippen LogP contribution in [0.3, 0.4) is 0 Å². The fourth-order valence-corrected chi connectivity index (χ4v) is 2.16. The number of benzene rings is 1. The maximum Gasteiger partial charge on any atom is 0.165 e. The van der Waals surface area contributed by atoms with Crippen molar-refractivity contribution < 1.29 is 9.13 Å². The smallest absolute Gasteiger partial charge is 0.165 e. The predicted molar refractivity (Wildman–Crippen MR) is 79.4 cm³/mol. The van der Waals surface area contributed by atoms with Crippen molar-refractivity contribution >= 4 is 5.69 Å². The molecule has 0 amide bonds. The molecular formula is C16H26FNO. The van der Waals surface area contributed by atoms with Gasteiger partial charge in [-0.15, -0.1) is 0 Å². The lowest BCUT2D eigenvalue weighted by atomic mass is 10.1. The molecule has 1 rings (SSSR count). The molecule has 2 nitrogen and oxygen atoms in total. The van der Waals surface area contributed by atoms with Crippen LogP contribution in [0.15, 0.2) is 18.2 Å². The van der Waals surface area contributed by atoms with Gasteiger partial charge in [0.2, 0.25) is 0 Å². The Labute approximate surface area is 116 Å². The largest absolute Gasteiger partial charge is 0.494 e. The highest BCUT2D eigenvalue weighted by atomic mass is 19.1. The molecule has 19 heavy (non-hydrogen) atoms. The van der Waals surface area contributed by atoms with Gasteiger partial charge in [-0.25, -0.2) is 4.39 Å². The van der Waals surface area contributed by atoms with Crippen LogP contribution in [-0.2, 0) is 0 Å².